The van der Waals surface area contributed by atoms with E-state index in [0.29, 0.717) is 11.4 Å². The summed E-state index contributed by atoms with van der Waals surface area (Å²) in [6.45, 7) is 7.68. The van der Waals surface area contributed by atoms with E-state index in [-0.39, 0.29) is 12.1 Å². The van der Waals surface area contributed by atoms with Gasteiger partial charge in [0.05, 0.1) is 6.26 Å². The van der Waals surface area contributed by atoms with E-state index in [1.165, 1.54) is 5.56 Å². The first-order valence-electron chi connectivity index (χ1n) is 13.9. The first-order valence-corrected chi connectivity index (χ1v) is 15.8. The molecule has 3 aromatic carbocycles. The summed E-state index contributed by atoms with van der Waals surface area (Å²) in [5.41, 5.74) is 3.64. The quantitative estimate of drug-likeness (QED) is 0.279. The Bertz CT molecular complexity index is 1350. The summed E-state index contributed by atoms with van der Waals surface area (Å²) in [4.78, 5) is 17.7. The number of para-hydroxylation sites is 1. The molecule has 0 saturated carbocycles. The number of benzene rings is 3. The molecule has 0 aromatic heterocycles. The molecular formula is C31H40N4O4S. The van der Waals surface area contributed by atoms with Gasteiger partial charge in [-0.15, -0.1) is 0 Å². The van der Waals surface area contributed by atoms with Crippen molar-refractivity contribution >= 4 is 27.4 Å². The Balaban J connectivity index is 1.28. The average molecular weight is 565 g/mol. The van der Waals surface area contributed by atoms with Crippen LogP contribution in [-0.4, -0.2) is 56.2 Å². The average Bonchev–Trinajstić information content (AvgIpc) is 2.92. The minimum absolute atomic E-state index is 0.00177. The van der Waals surface area contributed by atoms with E-state index in [9.17, 15) is 13.2 Å². The van der Waals surface area contributed by atoms with Gasteiger partial charge in [-0.1, -0.05) is 43.7 Å². The number of piperidine rings is 1. The zero-order chi connectivity index (χ0) is 28.5. The molecule has 0 spiro atoms. The van der Waals surface area contributed by atoms with Crippen LogP contribution in [0.15, 0.2) is 72.8 Å². The van der Waals surface area contributed by atoms with Gasteiger partial charge in [-0.05, 0) is 79.8 Å². The van der Waals surface area contributed by atoms with Crippen LogP contribution >= 0.6 is 0 Å². The summed E-state index contributed by atoms with van der Waals surface area (Å²) in [5.74, 6) is 1.35. The monoisotopic (exact) mass is 564 g/mol. The van der Waals surface area contributed by atoms with Crippen molar-refractivity contribution in [3.8, 4) is 11.5 Å². The Morgan fingerprint density at radius 2 is 1.60 bits per heavy atom. The standard InChI is InChI=1S/C31H40N4O4S/c1-4-5-20-35(31(36)32-30-9-7-6-8-24(30)2)27-18-21-34(22-19-27)23-25-10-14-28(15-11-25)39-29-16-12-26(13-17-29)33-40(3,37)38/h6-17,27,33H,4-5,18-23H2,1-3H3,(H,32,36). The Morgan fingerprint density at radius 1 is 0.975 bits per heavy atom. The molecule has 0 aliphatic carbocycles. The van der Waals surface area contributed by atoms with Crippen molar-refractivity contribution in [2.24, 2.45) is 0 Å². The fourth-order valence-corrected chi connectivity index (χ4v) is 5.49. The Labute approximate surface area is 238 Å². The summed E-state index contributed by atoms with van der Waals surface area (Å²) in [5, 5.41) is 3.14. The van der Waals surface area contributed by atoms with Gasteiger partial charge in [0.1, 0.15) is 11.5 Å². The zero-order valence-electron chi connectivity index (χ0n) is 23.6. The van der Waals surface area contributed by atoms with Crippen LogP contribution in [0, 0.1) is 6.92 Å². The maximum atomic E-state index is 13.2. The third-order valence-electron chi connectivity index (χ3n) is 7.12. The fraction of sp³-hybridized carbons (Fsp3) is 0.387. The molecule has 8 nitrogen and oxygen atoms in total. The van der Waals surface area contributed by atoms with Crippen LogP contribution in [0.3, 0.4) is 0 Å². The van der Waals surface area contributed by atoms with E-state index < -0.39 is 10.0 Å². The maximum absolute atomic E-state index is 13.2. The van der Waals surface area contributed by atoms with Crippen molar-refractivity contribution < 1.29 is 17.9 Å². The van der Waals surface area contributed by atoms with Crippen LogP contribution in [0.2, 0.25) is 0 Å². The number of hydrogen-bond donors (Lipinski definition) is 2. The van der Waals surface area contributed by atoms with Crippen LogP contribution in [0.25, 0.3) is 0 Å². The minimum Gasteiger partial charge on any atom is -0.457 e. The third-order valence-corrected chi connectivity index (χ3v) is 7.73. The number of unbranched alkanes of at least 4 members (excludes halogenated alkanes) is 1. The number of nitrogens with zero attached hydrogens (tertiary/aromatic N) is 2. The lowest BCUT2D eigenvalue weighted by Crippen LogP contribution is -2.49. The number of ether oxygens (including phenoxy) is 1. The number of urea groups is 1. The highest BCUT2D eigenvalue weighted by Gasteiger charge is 2.28. The predicted molar refractivity (Wildman–Crippen MR) is 162 cm³/mol. The van der Waals surface area contributed by atoms with Crippen LogP contribution in [0.5, 0.6) is 11.5 Å². The van der Waals surface area contributed by atoms with Crippen LogP contribution in [0.4, 0.5) is 16.2 Å². The third kappa shape index (κ3) is 8.72. The number of sulfonamides is 1. The molecule has 9 heteroatoms. The second kappa shape index (κ2) is 13.7. The highest BCUT2D eigenvalue weighted by Crippen LogP contribution is 2.25. The molecule has 1 saturated heterocycles. The summed E-state index contributed by atoms with van der Waals surface area (Å²) in [6, 6.07) is 23.0. The summed E-state index contributed by atoms with van der Waals surface area (Å²) in [7, 11) is -3.31. The normalized spacial score (nSPS) is 14.5. The maximum Gasteiger partial charge on any atom is 0.322 e. The number of amides is 2. The van der Waals surface area contributed by atoms with Crippen LogP contribution in [-0.2, 0) is 16.6 Å². The zero-order valence-corrected chi connectivity index (χ0v) is 24.4. The molecule has 214 valence electrons. The van der Waals surface area contributed by atoms with Gasteiger partial charge in [0, 0.05) is 43.6 Å². The van der Waals surface area contributed by atoms with Gasteiger partial charge in [0.15, 0.2) is 0 Å². The molecule has 40 heavy (non-hydrogen) atoms. The number of nitrogens with one attached hydrogen (secondary N) is 2. The Hall–Kier alpha value is -3.56. The van der Waals surface area contributed by atoms with Gasteiger partial charge >= 0.3 is 6.03 Å². The highest BCUT2D eigenvalue weighted by atomic mass is 32.2. The van der Waals surface area contributed by atoms with E-state index in [1.807, 2.05) is 48.2 Å². The van der Waals surface area contributed by atoms with Gasteiger partial charge in [0.2, 0.25) is 10.0 Å². The lowest BCUT2D eigenvalue weighted by molar-refractivity contribution is 0.122. The summed E-state index contributed by atoms with van der Waals surface area (Å²) >= 11 is 0. The summed E-state index contributed by atoms with van der Waals surface area (Å²) < 4.78 is 31.1. The molecule has 1 fully saturated rings. The van der Waals surface area contributed by atoms with E-state index in [0.717, 1.165) is 75.1 Å². The van der Waals surface area contributed by atoms with E-state index >= 15 is 0 Å². The van der Waals surface area contributed by atoms with E-state index in [4.69, 9.17) is 4.74 Å². The Morgan fingerprint density at radius 3 is 2.20 bits per heavy atom. The molecule has 1 aliphatic rings. The number of rotatable bonds is 11. The second-order valence-corrected chi connectivity index (χ2v) is 12.2. The number of aryl methyl sites for hydroxylation is 1. The molecule has 0 radical (unpaired) electrons. The van der Waals surface area contributed by atoms with Crippen molar-refractivity contribution in [3.63, 3.8) is 0 Å². The first-order chi connectivity index (χ1) is 19.2. The largest absolute Gasteiger partial charge is 0.457 e. The van der Waals surface area contributed by atoms with Crippen molar-refractivity contribution in [3.05, 3.63) is 83.9 Å². The smallest absolute Gasteiger partial charge is 0.322 e. The van der Waals surface area contributed by atoms with Gasteiger partial charge in [-0.2, -0.15) is 0 Å². The van der Waals surface area contributed by atoms with Gasteiger partial charge in [-0.3, -0.25) is 9.62 Å². The lowest BCUT2D eigenvalue weighted by Gasteiger charge is -2.38. The topological polar surface area (TPSA) is 91.0 Å². The van der Waals surface area contributed by atoms with Crippen molar-refractivity contribution in [1.29, 1.82) is 0 Å². The molecule has 0 bridgehead atoms. The molecule has 1 heterocycles. The van der Waals surface area contributed by atoms with E-state index in [1.54, 1.807) is 24.3 Å². The number of likely N-dealkylation sites (tertiary alicyclic amines) is 1. The number of carbonyl (C=O) groups is 1. The molecular weight excluding hydrogens is 524 g/mol. The molecule has 0 unspecified atom stereocenters. The fourth-order valence-electron chi connectivity index (χ4n) is 4.93. The van der Waals surface area contributed by atoms with Gasteiger partial charge in [-0.25, -0.2) is 13.2 Å². The molecule has 2 amide bonds. The summed E-state index contributed by atoms with van der Waals surface area (Å²) in [6.07, 6.45) is 5.08. The van der Waals surface area contributed by atoms with Gasteiger partial charge < -0.3 is 15.0 Å². The highest BCUT2D eigenvalue weighted by molar-refractivity contribution is 7.92. The van der Waals surface area contributed by atoms with Crippen molar-refractivity contribution in [2.75, 3.05) is 35.9 Å². The molecule has 1 aliphatic heterocycles. The molecule has 2 N–H and O–H groups in total. The van der Waals surface area contributed by atoms with Crippen molar-refractivity contribution in [2.45, 2.75) is 52.1 Å². The lowest BCUT2D eigenvalue weighted by atomic mass is 10.0. The Kier molecular flexibility index (Phi) is 10.1. The van der Waals surface area contributed by atoms with Crippen LogP contribution < -0.4 is 14.8 Å². The predicted octanol–water partition coefficient (Wildman–Crippen LogP) is 6.46. The van der Waals surface area contributed by atoms with Gasteiger partial charge in [0.25, 0.3) is 0 Å². The number of carbonyl (C=O) groups excluding carboxylic acids is 1. The van der Waals surface area contributed by atoms with Crippen molar-refractivity contribution in [1.82, 2.24) is 9.80 Å². The minimum atomic E-state index is -3.31. The SMILES string of the molecule is CCCCN(C(=O)Nc1ccccc1C)C1CCN(Cc2ccc(Oc3ccc(NS(C)(=O)=O)cc3)cc2)CC1. The van der Waals surface area contributed by atoms with E-state index in [2.05, 4.69) is 34.0 Å². The number of anilines is 2. The van der Waals surface area contributed by atoms with Crippen LogP contribution in [0.1, 0.15) is 43.7 Å². The molecule has 4 rings (SSSR count). The first kappa shape index (κ1) is 29.4. The molecule has 3 aromatic rings. The second-order valence-electron chi connectivity index (χ2n) is 10.4. The molecule has 0 atom stereocenters. The number of hydrogen-bond acceptors (Lipinski definition) is 5.